The number of thioether (sulfide) groups is 1. The summed E-state index contributed by atoms with van der Waals surface area (Å²) in [4.78, 5) is 58.4. The molecule has 1 aliphatic rings. The zero-order chi connectivity index (χ0) is 19.6. The third-order valence-electron chi connectivity index (χ3n) is 3.57. The first-order chi connectivity index (χ1) is 12.1. The SMILES string of the molecule is NC(CSC1CC(=O)N(c2cc(C(=O)O)cc(C(=O)O)c2)C1=O)C(=O)O. The fourth-order valence-electron chi connectivity index (χ4n) is 2.28. The highest BCUT2D eigenvalue weighted by atomic mass is 32.2. The molecule has 1 aromatic rings. The fraction of sp³-hybridized carbons (Fsp3) is 0.267. The van der Waals surface area contributed by atoms with Crippen LogP contribution in [0.5, 0.6) is 0 Å². The molecule has 10 nitrogen and oxygen atoms in total. The number of carboxylic acid groups (broad SMARTS) is 3. The van der Waals surface area contributed by atoms with Gasteiger partial charge in [0.25, 0.3) is 0 Å². The van der Waals surface area contributed by atoms with E-state index in [4.69, 9.17) is 21.1 Å². The Labute approximate surface area is 150 Å². The van der Waals surface area contributed by atoms with Crippen LogP contribution in [0.3, 0.4) is 0 Å². The second-order valence-corrected chi connectivity index (χ2v) is 6.65. The number of carboxylic acids is 3. The first-order valence-corrected chi connectivity index (χ1v) is 8.25. The van der Waals surface area contributed by atoms with Crippen LogP contribution >= 0.6 is 11.8 Å². The Bertz CT molecular complexity index is 777. The molecule has 0 spiro atoms. The summed E-state index contributed by atoms with van der Waals surface area (Å²) in [5.74, 6) is -5.49. The van der Waals surface area contributed by atoms with Crippen LogP contribution in [0.1, 0.15) is 27.1 Å². The number of hydrogen-bond acceptors (Lipinski definition) is 7. The normalized spacial score (nSPS) is 18.0. The van der Waals surface area contributed by atoms with Gasteiger partial charge in [-0.3, -0.25) is 14.4 Å². The maximum absolute atomic E-state index is 12.5. The van der Waals surface area contributed by atoms with Gasteiger partial charge in [0, 0.05) is 12.2 Å². The van der Waals surface area contributed by atoms with Gasteiger partial charge in [-0.25, -0.2) is 14.5 Å². The summed E-state index contributed by atoms with van der Waals surface area (Å²) >= 11 is 0.901. The average molecular weight is 382 g/mol. The van der Waals surface area contributed by atoms with Crippen LogP contribution in [0.4, 0.5) is 5.69 Å². The minimum Gasteiger partial charge on any atom is -0.480 e. The Balaban J connectivity index is 2.29. The summed E-state index contributed by atoms with van der Waals surface area (Å²) in [5.41, 5.74) is 4.43. The van der Waals surface area contributed by atoms with E-state index in [0.29, 0.717) is 4.90 Å². The van der Waals surface area contributed by atoms with E-state index >= 15 is 0 Å². The summed E-state index contributed by atoms with van der Waals surface area (Å²) in [7, 11) is 0. The van der Waals surface area contributed by atoms with Gasteiger partial charge in [-0.05, 0) is 18.2 Å². The van der Waals surface area contributed by atoms with Crippen molar-refractivity contribution in [1.29, 1.82) is 0 Å². The molecule has 0 aliphatic carbocycles. The number of amides is 2. The first-order valence-electron chi connectivity index (χ1n) is 7.20. The van der Waals surface area contributed by atoms with Crippen molar-refractivity contribution in [2.45, 2.75) is 17.7 Å². The lowest BCUT2D eigenvalue weighted by molar-refractivity contribution is -0.138. The zero-order valence-corrected chi connectivity index (χ0v) is 13.9. The van der Waals surface area contributed by atoms with Crippen LogP contribution in [0.2, 0.25) is 0 Å². The molecule has 2 amide bonds. The van der Waals surface area contributed by atoms with E-state index in [2.05, 4.69) is 0 Å². The van der Waals surface area contributed by atoms with E-state index in [0.717, 1.165) is 30.0 Å². The number of carbonyl (C=O) groups excluding carboxylic acids is 2. The molecule has 1 fully saturated rings. The third kappa shape index (κ3) is 4.00. The molecule has 0 aromatic heterocycles. The molecule has 1 aliphatic heterocycles. The summed E-state index contributed by atoms with van der Waals surface area (Å²) < 4.78 is 0. The number of nitrogens with zero attached hydrogens (tertiary/aromatic N) is 1. The van der Waals surface area contributed by atoms with E-state index in [1.165, 1.54) is 0 Å². The molecule has 2 atom stereocenters. The zero-order valence-electron chi connectivity index (χ0n) is 13.1. The molecule has 0 bridgehead atoms. The number of carbonyl (C=O) groups is 5. The van der Waals surface area contributed by atoms with Gasteiger partial charge in [0.1, 0.15) is 6.04 Å². The van der Waals surface area contributed by atoms with Gasteiger partial charge in [0.2, 0.25) is 11.8 Å². The lowest BCUT2D eigenvalue weighted by atomic mass is 10.1. The van der Waals surface area contributed by atoms with Gasteiger partial charge < -0.3 is 21.1 Å². The number of imide groups is 1. The number of benzene rings is 1. The molecule has 2 unspecified atom stereocenters. The Morgan fingerprint density at radius 3 is 2.12 bits per heavy atom. The monoisotopic (exact) mass is 382 g/mol. The molecule has 11 heteroatoms. The van der Waals surface area contributed by atoms with Gasteiger partial charge >= 0.3 is 17.9 Å². The first kappa shape index (κ1) is 19.4. The lowest BCUT2D eigenvalue weighted by Crippen LogP contribution is -2.35. The minimum atomic E-state index is -1.41. The van der Waals surface area contributed by atoms with Gasteiger partial charge in [-0.2, -0.15) is 0 Å². The van der Waals surface area contributed by atoms with Gasteiger partial charge in [-0.1, -0.05) is 0 Å². The molecule has 1 saturated heterocycles. The molecular formula is C15H14N2O8S. The molecule has 26 heavy (non-hydrogen) atoms. The van der Waals surface area contributed by atoms with Gasteiger partial charge in [0.05, 0.1) is 22.1 Å². The van der Waals surface area contributed by atoms with Gasteiger partial charge in [-0.15, -0.1) is 11.8 Å². The van der Waals surface area contributed by atoms with E-state index in [9.17, 15) is 24.0 Å². The highest BCUT2D eigenvalue weighted by molar-refractivity contribution is 8.00. The topological polar surface area (TPSA) is 175 Å². The van der Waals surface area contributed by atoms with Crippen molar-refractivity contribution in [2.24, 2.45) is 5.73 Å². The van der Waals surface area contributed by atoms with E-state index < -0.39 is 41.0 Å². The van der Waals surface area contributed by atoms with Crippen LogP contribution in [0, 0.1) is 0 Å². The standard InChI is InChI=1S/C15H14N2O8S/c16-9(15(24)25)5-26-10-4-11(18)17(12(10)19)8-2-6(13(20)21)1-7(3-8)14(22)23/h1-3,9-10H,4-5,16H2,(H,20,21)(H,22,23)(H,24,25). The summed E-state index contributed by atoms with van der Waals surface area (Å²) in [6.07, 6.45) is -0.227. The lowest BCUT2D eigenvalue weighted by Gasteiger charge is -2.16. The maximum Gasteiger partial charge on any atom is 0.335 e. The van der Waals surface area contributed by atoms with E-state index in [1.807, 2.05) is 0 Å². The predicted octanol–water partition coefficient (Wildman–Crippen LogP) is -0.140. The Morgan fingerprint density at radius 2 is 1.65 bits per heavy atom. The van der Waals surface area contributed by atoms with Crippen molar-refractivity contribution in [3.8, 4) is 0 Å². The number of rotatable bonds is 7. The van der Waals surface area contributed by atoms with Crippen LogP contribution in [-0.2, 0) is 14.4 Å². The van der Waals surface area contributed by atoms with E-state index in [-0.39, 0.29) is 29.0 Å². The van der Waals surface area contributed by atoms with Crippen LogP contribution < -0.4 is 10.6 Å². The maximum atomic E-state index is 12.5. The van der Waals surface area contributed by atoms with Crippen LogP contribution in [0.25, 0.3) is 0 Å². The predicted molar refractivity (Wildman–Crippen MR) is 89.3 cm³/mol. The van der Waals surface area contributed by atoms with Crippen LogP contribution in [0.15, 0.2) is 18.2 Å². The molecule has 5 N–H and O–H groups in total. The molecule has 2 rings (SSSR count). The van der Waals surface area contributed by atoms with Crippen molar-refractivity contribution < 1.29 is 39.3 Å². The summed E-state index contributed by atoms with van der Waals surface area (Å²) in [6.45, 7) is 0. The average Bonchev–Trinajstić information content (AvgIpc) is 2.85. The molecule has 1 heterocycles. The Morgan fingerprint density at radius 1 is 1.12 bits per heavy atom. The number of hydrogen-bond donors (Lipinski definition) is 4. The number of aliphatic carboxylic acids is 1. The third-order valence-corrected chi connectivity index (χ3v) is 4.89. The molecule has 138 valence electrons. The molecule has 0 radical (unpaired) electrons. The smallest absolute Gasteiger partial charge is 0.335 e. The highest BCUT2D eigenvalue weighted by Crippen LogP contribution is 2.31. The highest BCUT2D eigenvalue weighted by Gasteiger charge is 2.40. The molecule has 1 aromatic carbocycles. The Kier molecular flexibility index (Phi) is 5.63. The second-order valence-electron chi connectivity index (χ2n) is 5.42. The summed E-state index contributed by atoms with van der Waals surface area (Å²) in [5, 5.41) is 26.0. The number of aromatic carboxylic acids is 2. The minimum absolute atomic E-state index is 0.0948. The second kappa shape index (κ2) is 7.54. The molecule has 0 saturated carbocycles. The van der Waals surface area contributed by atoms with Crippen molar-refractivity contribution in [3.63, 3.8) is 0 Å². The Hall–Kier alpha value is -2.92. The molecular weight excluding hydrogens is 368 g/mol. The number of anilines is 1. The largest absolute Gasteiger partial charge is 0.480 e. The number of nitrogens with two attached hydrogens (primary N) is 1. The van der Waals surface area contributed by atoms with Crippen molar-refractivity contribution in [3.05, 3.63) is 29.3 Å². The quantitative estimate of drug-likeness (QED) is 0.464. The fourth-order valence-corrected chi connectivity index (χ4v) is 3.37. The van der Waals surface area contributed by atoms with Crippen LogP contribution in [-0.4, -0.2) is 62.1 Å². The van der Waals surface area contributed by atoms with Crippen molar-refractivity contribution in [2.75, 3.05) is 10.7 Å². The summed E-state index contributed by atoms with van der Waals surface area (Å²) in [6, 6.07) is 1.77. The van der Waals surface area contributed by atoms with Gasteiger partial charge in [0.15, 0.2) is 0 Å². The van der Waals surface area contributed by atoms with E-state index in [1.54, 1.807) is 0 Å². The van der Waals surface area contributed by atoms with Crippen molar-refractivity contribution in [1.82, 2.24) is 0 Å². The van der Waals surface area contributed by atoms with Crippen molar-refractivity contribution >= 4 is 47.2 Å².